The summed E-state index contributed by atoms with van der Waals surface area (Å²) in [5, 5.41) is 0. The predicted molar refractivity (Wildman–Crippen MR) is 92.8 cm³/mol. The molecule has 0 fully saturated rings. The molecule has 128 valence electrons. The minimum Gasteiger partial charge on any atom is -0.504 e. The Labute approximate surface area is 145 Å². The van der Waals surface area contributed by atoms with Crippen LogP contribution in [0.1, 0.15) is 15.9 Å². The normalized spacial score (nSPS) is 15.2. The van der Waals surface area contributed by atoms with E-state index < -0.39 is 11.8 Å². The van der Waals surface area contributed by atoms with Gasteiger partial charge in [0.2, 0.25) is 0 Å². The highest BCUT2D eigenvalue weighted by Crippen LogP contribution is 2.36. The van der Waals surface area contributed by atoms with Gasteiger partial charge in [0.1, 0.15) is 0 Å². The van der Waals surface area contributed by atoms with Crippen LogP contribution >= 0.6 is 0 Å². The first-order valence-electron chi connectivity index (χ1n) is 7.55. The zero-order chi connectivity index (χ0) is 18.0. The first-order chi connectivity index (χ1) is 12.1. The van der Waals surface area contributed by atoms with Crippen LogP contribution in [0.3, 0.4) is 0 Å². The van der Waals surface area contributed by atoms with Crippen LogP contribution in [0, 0.1) is 0 Å². The van der Waals surface area contributed by atoms with Crippen molar-refractivity contribution >= 4 is 23.1 Å². The van der Waals surface area contributed by atoms with Gasteiger partial charge in [0.05, 0.1) is 38.9 Å². The monoisotopic (exact) mass is 339 g/mol. The van der Waals surface area contributed by atoms with E-state index in [1.54, 1.807) is 42.5 Å². The maximum atomic E-state index is 12.9. The molecule has 0 saturated heterocycles. The fraction of sp³-hybridized carbons (Fsp3) is 0.158. The number of ether oxygens (including phenoxy) is 3. The summed E-state index contributed by atoms with van der Waals surface area (Å²) >= 11 is 0. The van der Waals surface area contributed by atoms with Gasteiger partial charge < -0.3 is 14.2 Å². The van der Waals surface area contributed by atoms with Crippen molar-refractivity contribution in [1.29, 1.82) is 0 Å². The number of methoxy groups -OCH3 is 3. The van der Waals surface area contributed by atoms with Crippen molar-refractivity contribution in [2.24, 2.45) is 0 Å². The van der Waals surface area contributed by atoms with Crippen molar-refractivity contribution in [2.45, 2.75) is 0 Å². The molecule has 25 heavy (non-hydrogen) atoms. The van der Waals surface area contributed by atoms with Gasteiger partial charge in [-0.3, -0.25) is 9.59 Å². The van der Waals surface area contributed by atoms with Crippen molar-refractivity contribution in [3.8, 4) is 11.5 Å². The van der Waals surface area contributed by atoms with Gasteiger partial charge >= 0.3 is 0 Å². The molecule has 0 N–H and O–H groups in total. The second-order valence-corrected chi connectivity index (χ2v) is 5.30. The van der Waals surface area contributed by atoms with Crippen LogP contribution in [0.4, 0.5) is 5.69 Å². The van der Waals surface area contributed by atoms with E-state index in [2.05, 4.69) is 0 Å². The molecule has 0 saturated carbocycles. The van der Waals surface area contributed by atoms with Gasteiger partial charge in [-0.2, -0.15) is 0 Å². The first kappa shape index (κ1) is 16.6. The molecule has 0 bridgehead atoms. The van der Waals surface area contributed by atoms with Crippen LogP contribution < -0.4 is 14.4 Å². The van der Waals surface area contributed by atoms with E-state index in [1.165, 1.54) is 27.6 Å². The maximum Gasteiger partial charge on any atom is 0.269 e. The lowest BCUT2D eigenvalue weighted by Gasteiger charge is -2.28. The van der Waals surface area contributed by atoms with E-state index >= 15 is 0 Å². The Balaban J connectivity index is 2.16. The molecule has 6 nitrogen and oxygen atoms in total. The number of imide groups is 1. The lowest BCUT2D eigenvalue weighted by atomic mass is 9.94. The van der Waals surface area contributed by atoms with Gasteiger partial charge in [0, 0.05) is 17.2 Å². The molecule has 2 amide bonds. The Morgan fingerprint density at radius 2 is 1.52 bits per heavy atom. The van der Waals surface area contributed by atoms with Crippen molar-refractivity contribution in [1.82, 2.24) is 0 Å². The summed E-state index contributed by atoms with van der Waals surface area (Å²) in [6.07, 6.45) is 1.35. The molecule has 3 rings (SSSR count). The fourth-order valence-electron chi connectivity index (χ4n) is 2.78. The molecule has 2 aromatic carbocycles. The summed E-state index contributed by atoms with van der Waals surface area (Å²) in [6, 6.07) is 11.8. The molecule has 0 spiro atoms. The quantitative estimate of drug-likeness (QED) is 0.487. The van der Waals surface area contributed by atoms with E-state index in [0.29, 0.717) is 33.9 Å². The number of hydrogen-bond donors (Lipinski definition) is 0. The summed E-state index contributed by atoms with van der Waals surface area (Å²) in [4.78, 5) is 26.9. The van der Waals surface area contributed by atoms with Gasteiger partial charge in [0.25, 0.3) is 11.8 Å². The molecule has 0 aromatic heterocycles. The number of carbonyl (C=O) groups excluding carboxylic acids is 2. The van der Waals surface area contributed by atoms with Crippen molar-refractivity contribution in [3.63, 3.8) is 0 Å². The summed E-state index contributed by atoms with van der Waals surface area (Å²) in [6.45, 7) is 0. The number of amides is 2. The highest BCUT2D eigenvalue weighted by Gasteiger charge is 2.36. The molecule has 1 aliphatic rings. The first-order valence-corrected chi connectivity index (χ1v) is 7.55. The van der Waals surface area contributed by atoms with Gasteiger partial charge in [-0.15, -0.1) is 0 Å². The largest absolute Gasteiger partial charge is 0.504 e. The van der Waals surface area contributed by atoms with E-state index in [9.17, 15) is 9.59 Å². The summed E-state index contributed by atoms with van der Waals surface area (Å²) in [5.41, 5.74) is 1.69. The molecular weight excluding hydrogens is 322 g/mol. The molecule has 0 atom stereocenters. The third-order valence-corrected chi connectivity index (χ3v) is 3.95. The minimum absolute atomic E-state index is 0.312. The van der Waals surface area contributed by atoms with Crippen molar-refractivity contribution < 1.29 is 23.8 Å². The van der Waals surface area contributed by atoms with E-state index in [-0.39, 0.29) is 0 Å². The zero-order valence-electron chi connectivity index (χ0n) is 14.1. The lowest BCUT2D eigenvalue weighted by Crippen LogP contribution is -2.41. The van der Waals surface area contributed by atoms with Crippen LogP contribution in [0.25, 0.3) is 5.57 Å². The number of benzene rings is 2. The van der Waals surface area contributed by atoms with Crippen LogP contribution in [0.5, 0.6) is 11.5 Å². The number of anilines is 1. The van der Waals surface area contributed by atoms with E-state index in [0.717, 1.165) is 4.90 Å². The smallest absolute Gasteiger partial charge is 0.269 e. The molecule has 0 unspecified atom stereocenters. The van der Waals surface area contributed by atoms with E-state index in [1.807, 2.05) is 0 Å². The van der Waals surface area contributed by atoms with Gasteiger partial charge in [-0.1, -0.05) is 18.2 Å². The van der Waals surface area contributed by atoms with Crippen LogP contribution in [-0.4, -0.2) is 33.1 Å². The molecule has 6 heteroatoms. The molecule has 0 radical (unpaired) electrons. The summed E-state index contributed by atoms with van der Waals surface area (Å²) in [5.74, 6) is 0.0757. The number of rotatable bonds is 4. The van der Waals surface area contributed by atoms with Gasteiger partial charge in [0.15, 0.2) is 11.5 Å². The standard InChI is InChI=1S/C19H17NO5/c1-23-11-15-13-6-4-5-7-14(13)18(21)20(19(15)22)12-8-9-16(24-2)17(10-12)25-3/h4-11H,1-3H3. The second-order valence-electron chi connectivity index (χ2n) is 5.30. The molecule has 1 heterocycles. The summed E-state index contributed by atoms with van der Waals surface area (Å²) < 4.78 is 15.5. The topological polar surface area (TPSA) is 65.1 Å². The fourth-order valence-corrected chi connectivity index (χ4v) is 2.78. The Hall–Kier alpha value is -3.28. The Morgan fingerprint density at radius 1 is 0.840 bits per heavy atom. The summed E-state index contributed by atoms with van der Waals surface area (Å²) in [7, 11) is 4.47. The average molecular weight is 339 g/mol. The maximum absolute atomic E-state index is 12.9. The number of hydrogen-bond acceptors (Lipinski definition) is 5. The zero-order valence-corrected chi connectivity index (χ0v) is 14.1. The van der Waals surface area contributed by atoms with Crippen LogP contribution in [-0.2, 0) is 9.53 Å². The van der Waals surface area contributed by atoms with Crippen LogP contribution in [0.15, 0.2) is 48.7 Å². The molecular formula is C19H17NO5. The van der Waals surface area contributed by atoms with Crippen LogP contribution in [0.2, 0.25) is 0 Å². The number of nitrogens with zero attached hydrogens (tertiary/aromatic N) is 1. The van der Waals surface area contributed by atoms with Crippen molar-refractivity contribution in [3.05, 3.63) is 59.9 Å². The predicted octanol–water partition coefficient (Wildman–Crippen LogP) is 2.88. The highest BCUT2D eigenvalue weighted by atomic mass is 16.5. The lowest BCUT2D eigenvalue weighted by molar-refractivity contribution is -0.112. The molecule has 2 aromatic rings. The third-order valence-electron chi connectivity index (χ3n) is 3.95. The Bertz CT molecular complexity index is 872. The van der Waals surface area contributed by atoms with Gasteiger partial charge in [-0.25, -0.2) is 4.90 Å². The highest BCUT2D eigenvalue weighted by molar-refractivity contribution is 6.40. The third kappa shape index (κ3) is 2.71. The van der Waals surface area contributed by atoms with E-state index in [4.69, 9.17) is 14.2 Å². The molecule has 0 aliphatic carbocycles. The van der Waals surface area contributed by atoms with Crippen molar-refractivity contribution in [2.75, 3.05) is 26.2 Å². The minimum atomic E-state index is -0.460. The Morgan fingerprint density at radius 3 is 2.16 bits per heavy atom. The molecule has 1 aliphatic heterocycles. The average Bonchev–Trinajstić information content (AvgIpc) is 2.65. The SMILES string of the molecule is COC=C1C(=O)N(c2ccc(OC)c(OC)c2)C(=O)c2ccccc21. The van der Waals surface area contributed by atoms with Gasteiger partial charge in [-0.05, 0) is 18.2 Å². The second kappa shape index (κ2) is 6.68. The number of carbonyl (C=O) groups is 2. The number of fused-ring (bicyclic) bond motifs is 1. The Kier molecular flexibility index (Phi) is 4.43.